The van der Waals surface area contributed by atoms with E-state index in [-0.39, 0.29) is 18.1 Å². The number of rotatable bonds is 7. The van der Waals surface area contributed by atoms with Crippen LogP contribution >= 0.6 is 8.58 Å². The van der Waals surface area contributed by atoms with Gasteiger partial charge in [0.25, 0.3) is 0 Å². The molecule has 2 N–H and O–H groups in total. The minimum atomic E-state index is -0.704. The van der Waals surface area contributed by atoms with Crippen molar-refractivity contribution in [3.8, 4) is 0 Å². The van der Waals surface area contributed by atoms with Crippen molar-refractivity contribution in [2.24, 2.45) is 0 Å². The van der Waals surface area contributed by atoms with Crippen LogP contribution in [0, 0.1) is 0 Å². The van der Waals surface area contributed by atoms with Crippen molar-refractivity contribution < 1.29 is 14.9 Å². The maximum absolute atomic E-state index is 9.53. The molecule has 1 saturated heterocycles. The molecule has 0 saturated carbocycles. The summed E-state index contributed by atoms with van der Waals surface area (Å²) in [5, 5.41) is 18.4. The third-order valence-corrected chi connectivity index (χ3v) is 4.93. The largest absolute Gasteiger partial charge is 0.394 e. The summed E-state index contributed by atoms with van der Waals surface area (Å²) in [6.07, 6.45) is 6.15. The van der Waals surface area contributed by atoms with Crippen LogP contribution in [-0.2, 0) is 4.74 Å². The van der Waals surface area contributed by atoms with Crippen molar-refractivity contribution >= 4 is 8.58 Å². The maximum Gasteiger partial charge on any atom is 0.104 e. The quantitative estimate of drug-likeness (QED) is 0.536. The van der Waals surface area contributed by atoms with E-state index in [1.165, 1.54) is 25.7 Å². The topological polar surface area (TPSA) is 49.7 Å². The molecule has 1 aliphatic rings. The zero-order chi connectivity index (χ0) is 12.0. The number of hydrogen-bond acceptors (Lipinski definition) is 3. The number of ether oxygens (including phenoxy) is 1. The minimum absolute atomic E-state index is 0.0471. The highest BCUT2D eigenvalue weighted by molar-refractivity contribution is 7.40. The van der Waals surface area contributed by atoms with Gasteiger partial charge in [0, 0.05) is 0 Å². The average Bonchev–Trinajstić information content (AvgIpc) is 2.67. The SMILES string of the molecule is CCCCCCC1(C)OC(C(O)CO)CP1. The van der Waals surface area contributed by atoms with Gasteiger partial charge in [0.2, 0.25) is 0 Å². The van der Waals surface area contributed by atoms with Crippen LogP contribution in [0.4, 0.5) is 0 Å². The number of hydrogen-bond donors (Lipinski definition) is 2. The number of unbranched alkanes of at least 4 members (excludes halogenated alkanes) is 3. The number of aliphatic hydroxyl groups excluding tert-OH is 2. The molecule has 1 fully saturated rings. The summed E-state index contributed by atoms with van der Waals surface area (Å²) in [4.78, 5) is 0. The van der Waals surface area contributed by atoms with Crippen LogP contribution in [-0.4, -0.2) is 40.5 Å². The Morgan fingerprint density at radius 3 is 2.81 bits per heavy atom. The molecule has 0 aromatic carbocycles. The number of aliphatic hydroxyl groups is 2. The predicted molar refractivity (Wildman–Crippen MR) is 68.3 cm³/mol. The van der Waals surface area contributed by atoms with Crippen molar-refractivity contribution in [1.29, 1.82) is 0 Å². The molecule has 0 amide bonds. The lowest BCUT2D eigenvalue weighted by Crippen LogP contribution is -2.34. The Balaban J connectivity index is 2.26. The van der Waals surface area contributed by atoms with E-state index in [0.717, 1.165) is 21.2 Å². The lowest BCUT2D eigenvalue weighted by Gasteiger charge is -2.26. The summed E-state index contributed by atoms with van der Waals surface area (Å²) in [7, 11) is 0.747. The Bertz CT molecular complexity index is 201. The summed E-state index contributed by atoms with van der Waals surface area (Å²) >= 11 is 0. The molecule has 0 aromatic heterocycles. The van der Waals surface area contributed by atoms with E-state index in [0.29, 0.717) is 0 Å². The van der Waals surface area contributed by atoms with E-state index >= 15 is 0 Å². The van der Waals surface area contributed by atoms with Crippen LogP contribution in [0.15, 0.2) is 0 Å². The Labute approximate surface area is 100 Å². The molecule has 4 atom stereocenters. The van der Waals surface area contributed by atoms with E-state index in [4.69, 9.17) is 9.84 Å². The van der Waals surface area contributed by atoms with Crippen LogP contribution in [0.5, 0.6) is 0 Å². The Morgan fingerprint density at radius 1 is 1.44 bits per heavy atom. The van der Waals surface area contributed by atoms with E-state index in [2.05, 4.69) is 13.8 Å². The van der Waals surface area contributed by atoms with E-state index in [9.17, 15) is 5.11 Å². The molecule has 0 aromatic rings. The van der Waals surface area contributed by atoms with Crippen molar-refractivity contribution in [2.45, 2.75) is 63.5 Å². The van der Waals surface area contributed by atoms with Gasteiger partial charge in [-0.1, -0.05) is 41.2 Å². The van der Waals surface area contributed by atoms with Crippen LogP contribution in [0.2, 0.25) is 0 Å². The molecule has 4 unspecified atom stereocenters. The van der Waals surface area contributed by atoms with Gasteiger partial charge in [0.15, 0.2) is 0 Å². The molecule has 0 aliphatic carbocycles. The highest BCUT2D eigenvalue weighted by Gasteiger charge is 2.38. The van der Waals surface area contributed by atoms with Gasteiger partial charge in [-0.05, 0) is 19.5 Å². The molecule has 0 spiro atoms. The lowest BCUT2D eigenvalue weighted by atomic mass is 10.1. The van der Waals surface area contributed by atoms with E-state index < -0.39 is 6.10 Å². The molecule has 16 heavy (non-hydrogen) atoms. The summed E-state index contributed by atoms with van der Waals surface area (Å²) in [6, 6.07) is 0. The van der Waals surface area contributed by atoms with Crippen molar-refractivity contribution in [3.05, 3.63) is 0 Å². The molecule has 3 nitrogen and oxygen atoms in total. The molecule has 1 heterocycles. The van der Waals surface area contributed by atoms with E-state index in [1.807, 2.05) is 0 Å². The first-order chi connectivity index (χ1) is 7.61. The second kappa shape index (κ2) is 6.90. The van der Waals surface area contributed by atoms with Crippen molar-refractivity contribution in [1.82, 2.24) is 0 Å². The fourth-order valence-corrected chi connectivity index (χ4v) is 3.68. The third-order valence-electron chi connectivity index (χ3n) is 3.21. The van der Waals surface area contributed by atoms with Gasteiger partial charge >= 0.3 is 0 Å². The summed E-state index contributed by atoms with van der Waals surface area (Å²) in [5.41, 5.74) is 0. The average molecular weight is 248 g/mol. The van der Waals surface area contributed by atoms with Crippen LogP contribution in [0.1, 0.15) is 46.0 Å². The second-order valence-corrected chi connectivity index (χ2v) is 6.65. The van der Waals surface area contributed by atoms with Gasteiger partial charge in [-0.25, -0.2) is 0 Å². The first-order valence-electron chi connectivity index (χ1n) is 6.33. The molecule has 4 heteroatoms. The van der Waals surface area contributed by atoms with Gasteiger partial charge in [0.1, 0.15) is 6.10 Å². The zero-order valence-electron chi connectivity index (χ0n) is 10.4. The predicted octanol–water partition coefficient (Wildman–Crippen LogP) is 2.10. The Kier molecular flexibility index (Phi) is 6.20. The van der Waals surface area contributed by atoms with Gasteiger partial charge in [-0.15, -0.1) is 0 Å². The smallest absolute Gasteiger partial charge is 0.104 e. The normalized spacial score (nSPS) is 33.4. The fourth-order valence-electron chi connectivity index (χ4n) is 2.10. The van der Waals surface area contributed by atoms with Gasteiger partial charge in [-0.2, -0.15) is 0 Å². The monoisotopic (exact) mass is 248 g/mol. The standard InChI is InChI=1S/C12H25O3P/c1-3-4-5-6-7-12(2)15-11(9-16-12)10(14)8-13/h10-11,13-14,16H,3-9H2,1-2H3. The molecule has 1 rings (SSSR count). The molecule has 1 aliphatic heterocycles. The Morgan fingerprint density at radius 2 is 2.19 bits per heavy atom. The molecule has 0 radical (unpaired) electrons. The molecule has 0 bridgehead atoms. The van der Waals surface area contributed by atoms with Crippen molar-refractivity contribution in [2.75, 3.05) is 12.8 Å². The molecular weight excluding hydrogens is 223 g/mol. The van der Waals surface area contributed by atoms with Crippen LogP contribution in [0.3, 0.4) is 0 Å². The highest BCUT2D eigenvalue weighted by Crippen LogP contribution is 2.45. The third kappa shape index (κ3) is 4.29. The van der Waals surface area contributed by atoms with Crippen molar-refractivity contribution in [3.63, 3.8) is 0 Å². The molecular formula is C12H25O3P. The lowest BCUT2D eigenvalue weighted by molar-refractivity contribution is -0.0786. The highest BCUT2D eigenvalue weighted by atomic mass is 31.1. The summed E-state index contributed by atoms with van der Waals surface area (Å²) in [6.45, 7) is 4.16. The summed E-state index contributed by atoms with van der Waals surface area (Å²) < 4.78 is 5.88. The molecule has 96 valence electrons. The zero-order valence-corrected chi connectivity index (χ0v) is 11.4. The van der Waals surface area contributed by atoms with Crippen LogP contribution in [0.25, 0.3) is 0 Å². The minimum Gasteiger partial charge on any atom is -0.394 e. The fraction of sp³-hybridized carbons (Fsp3) is 1.00. The maximum atomic E-state index is 9.53. The second-order valence-electron chi connectivity index (χ2n) is 4.83. The van der Waals surface area contributed by atoms with Gasteiger partial charge in [-0.3, -0.25) is 0 Å². The summed E-state index contributed by atoms with van der Waals surface area (Å²) in [5.74, 6) is 0. The van der Waals surface area contributed by atoms with Crippen LogP contribution < -0.4 is 0 Å². The van der Waals surface area contributed by atoms with E-state index in [1.54, 1.807) is 0 Å². The van der Waals surface area contributed by atoms with Gasteiger partial charge < -0.3 is 14.9 Å². The Hall–Kier alpha value is 0.310. The first-order valence-corrected chi connectivity index (χ1v) is 7.54. The first kappa shape index (κ1) is 14.4. The van der Waals surface area contributed by atoms with Gasteiger partial charge in [0.05, 0.1) is 18.1 Å².